The van der Waals surface area contributed by atoms with Gasteiger partial charge >= 0.3 is 0 Å². The Balaban J connectivity index is 2.51. The first-order valence-electron chi connectivity index (χ1n) is 6.78. The van der Waals surface area contributed by atoms with Crippen molar-refractivity contribution in [2.24, 2.45) is 5.92 Å². The van der Waals surface area contributed by atoms with E-state index in [1.54, 1.807) is 0 Å². The summed E-state index contributed by atoms with van der Waals surface area (Å²) in [6.07, 6.45) is 0.628. The van der Waals surface area contributed by atoms with E-state index in [9.17, 15) is 9.90 Å². The van der Waals surface area contributed by atoms with E-state index in [0.717, 1.165) is 17.7 Å². The Hall–Kier alpha value is -1.39. The molecule has 0 heterocycles. The number of para-hydroxylation sites is 1. The van der Waals surface area contributed by atoms with Crippen molar-refractivity contribution in [1.82, 2.24) is 5.32 Å². The molecule has 0 fully saturated rings. The summed E-state index contributed by atoms with van der Waals surface area (Å²) >= 11 is 0. The monoisotopic (exact) mass is 264 g/mol. The van der Waals surface area contributed by atoms with Crippen LogP contribution in [0.25, 0.3) is 0 Å². The molecule has 1 amide bonds. The summed E-state index contributed by atoms with van der Waals surface area (Å²) in [6, 6.07) is 7.67. The molecule has 0 saturated heterocycles. The van der Waals surface area contributed by atoms with Crippen molar-refractivity contribution in [3.63, 3.8) is 0 Å². The van der Waals surface area contributed by atoms with Crippen molar-refractivity contribution in [1.29, 1.82) is 0 Å². The van der Waals surface area contributed by atoms with Crippen LogP contribution < -0.4 is 10.6 Å². The van der Waals surface area contributed by atoms with Gasteiger partial charge in [-0.1, -0.05) is 38.5 Å². The fourth-order valence-electron chi connectivity index (χ4n) is 1.81. The number of carbonyl (C=O) groups is 1. The number of nitrogens with one attached hydrogen (secondary N) is 2. The van der Waals surface area contributed by atoms with Crippen LogP contribution in [0.1, 0.15) is 32.8 Å². The second-order valence-electron chi connectivity index (χ2n) is 4.92. The third kappa shape index (κ3) is 5.41. The number of hydrogen-bond acceptors (Lipinski definition) is 3. The van der Waals surface area contributed by atoms with Crippen LogP contribution >= 0.6 is 0 Å². The van der Waals surface area contributed by atoms with Gasteiger partial charge in [0.25, 0.3) is 0 Å². The van der Waals surface area contributed by atoms with E-state index in [1.807, 2.05) is 31.2 Å². The Bertz CT molecular complexity index is 407. The molecule has 0 aromatic heterocycles. The average Bonchev–Trinajstić information content (AvgIpc) is 2.39. The number of amides is 1. The molecule has 0 spiro atoms. The van der Waals surface area contributed by atoms with Gasteiger partial charge in [-0.15, -0.1) is 0 Å². The highest BCUT2D eigenvalue weighted by molar-refractivity contribution is 5.89. The molecular weight excluding hydrogens is 240 g/mol. The van der Waals surface area contributed by atoms with Crippen LogP contribution in [-0.2, 0) is 11.3 Å². The summed E-state index contributed by atoms with van der Waals surface area (Å²) < 4.78 is 0. The Kier molecular flexibility index (Phi) is 6.53. The van der Waals surface area contributed by atoms with Crippen molar-refractivity contribution in [2.75, 3.05) is 11.9 Å². The molecule has 0 bridgehead atoms. The Morgan fingerprint density at radius 1 is 1.37 bits per heavy atom. The van der Waals surface area contributed by atoms with Crippen LogP contribution in [0.15, 0.2) is 24.3 Å². The minimum absolute atomic E-state index is 0.0768. The van der Waals surface area contributed by atoms with Crippen LogP contribution in [0.5, 0.6) is 0 Å². The molecule has 0 saturated carbocycles. The summed E-state index contributed by atoms with van der Waals surface area (Å²) in [4.78, 5) is 11.1. The quantitative estimate of drug-likeness (QED) is 0.707. The molecule has 0 radical (unpaired) electrons. The number of aliphatic hydroxyl groups excluding tert-OH is 1. The van der Waals surface area contributed by atoms with E-state index in [1.165, 1.54) is 6.92 Å². The van der Waals surface area contributed by atoms with Crippen LogP contribution in [0.3, 0.4) is 0 Å². The lowest BCUT2D eigenvalue weighted by Gasteiger charge is -2.18. The predicted molar refractivity (Wildman–Crippen MR) is 77.9 cm³/mol. The molecule has 1 rings (SSSR count). The molecule has 3 N–H and O–H groups in total. The fourth-order valence-corrected chi connectivity index (χ4v) is 1.81. The fraction of sp³-hybridized carbons (Fsp3) is 0.533. The summed E-state index contributed by atoms with van der Waals surface area (Å²) in [6.45, 7) is 6.79. The van der Waals surface area contributed by atoms with Gasteiger partial charge in [-0.25, -0.2) is 0 Å². The molecule has 4 nitrogen and oxygen atoms in total. The van der Waals surface area contributed by atoms with Gasteiger partial charge in [-0.05, 0) is 17.5 Å². The zero-order chi connectivity index (χ0) is 14.3. The molecule has 19 heavy (non-hydrogen) atoms. The maximum absolute atomic E-state index is 11.1. The lowest BCUT2D eigenvalue weighted by atomic mass is 10.0. The second-order valence-corrected chi connectivity index (χ2v) is 4.92. The largest absolute Gasteiger partial charge is 0.392 e. The maximum Gasteiger partial charge on any atom is 0.221 e. The van der Waals surface area contributed by atoms with Gasteiger partial charge in [-0.2, -0.15) is 0 Å². The zero-order valence-corrected chi connectivity index (χ0v) is 11.9. The average molecular weight is 264 g/mol. The van der Waals surface area contributed by atoms with E-state index < -0.39 is 0 Å². The Morgan fingerprint density at radius 2 is 2.05 bits per heavy atom. The van der Waals surface area contributed by atoms with Gasteiger partial charge in [0.05, 0.1) is 6.10 Å². The Labute approximate surface area is 115 Å². The number of anilines is 1. The smallest absolute Gasteiger partial charge is 0.221 e. The summed E-state index contributed by atoms with van der Waals surface area (Å²) in [5.41, 5.74) is 1.84. The lowest BCUT2D eigenvalue weighted by molar-refractivity contribution is -0.114. The van der Waals surface area contributed by atoms with Crippen LogP contribution in [0.4, 0.5) is 5.69 Å². The van der Waals surface area contributed by atoms with E-state index >= 15 is 0 Å². The number of rotatable bonds is 7. The maximum atomic E-state index is 11.1. The van der Waals surface area contributed by atoms with E-state index in [2.05, 4.69) is 17.6 Å². The van der Waals surface area contributed by atoms with Crippen molar-refractivity contribution < 1.29 is 9.90 Å². The molecule has 0 aliphatic rings. The first-order chi connectivity index (χ1) is 9.04. The van der Waals surface area contributed by atoms with E-state index in [4.69, 9.17) is 0 Å². The van der Waals surface area contributed by atoms with Crippen LogP contribution in [0, 0.1) is 5.92 Å². The lowest BCUT2D eigenvalue weighted by Crippen LogP contribution is -2.31. The highest BCUT2D eigenvalue weighted by Crippen LogP contribution is 2.15. The highest BCUT2D eigenvalue weighted by atomic mass is 16.3. The molecule has 4 heteroatoms. The van der Waals surface area contributed by atoms with Crippen molar-refractivity contribution in [2.45, 2.75) is 39.8 Å². The Morgan fingerprint density at radius 3 is 2.68 bits per heavy atom. The topological polar surface area (TPSA) is 61.4 Å². The number of aliphatic hydroxyl groups is 1. The first kappa shape index (κ1) is 15.7. The summed E-state index contributed by atoms with van der Waals surface area (Å²) in [5.74, 6) is 0.213. The van der Waals surface area contributed by atoms with Crippen LogP contribution in [-0.4, -0.2) is 23.7 Å². The third-order valence-electron chi connectivity index (χ3n) is 3.30. The molecular formula is C15H24N2O2. The van der Waals surface area contributed by atoms with Crippen molar-refractivity contribution in [3.8, 4) is 0 Å². The molecule has 0 aliphatic carbocycles. The van der Waals surface area contributed by atoms with Gasteiger partial charge in [0.2, 0.25) is 5.91 Å². The minimum atomic E-state index is -0.335. The number of benzene rings is 1. The second kappa shape index (κ2) is 7.92. The standard InChI is InChI=1S/C15H24N2O2/c1-4-11(2)15(19)10-16-9-13-7-5-6-8-14(13)17-12(3)18/h5-8,11,15-16,19H,4,9-10H2,1-3H3,(H,17,18). The van der Waals surface area contributed by atoms with E-state index in [-0.39, 0.29) is 17.9 Å². The molecule has 1 aromatic carbocycles. The normalized spacial score (nSPS) is 13.9. The van der Waals surface area contributed by atoms with Gasteiger partial charge < -0.3 is 15.7 Å². The third-order valence-corrected chi connectivity index (χ3v) is 3.30. The van der Waals surface area contributed by atoms with Gasteiger partial charge in [-0.3, -0.25) is 4.79 Å². The van der Waals surface area contributed by atoms with Crippen LogP contribution in [0.2, 0.25) is 0 Å². The molecule has 1 aromatic rings. The van der Waals surface area contributed by atoms with Crippen molar-refractivity contribution >= 4 is 11.6 Å². The van der Waals surface area contributed by atoms with Crippen molar-refractivity contribution in [3.05, 3.63) is 29.8 Å². The number of carbonyl (C=O) groups excluding carboxylic acids is 1. The SMILES string of the molecule is CCC(C)C(O)CNCc1ccccc1NC(C)=O. The summed E-state index contributed by atoms with van der Waals surface area (Å²) in [5, 5.41) is 15.9. The molecule has 2 unspecified atom stereocenters. The number of hydrogen-bond donors (Lipinski definition) is 3. The van der Waals surface area contributed by atoms with Gasteiger partial charge in [0, 0.05) is 25.7 Å². The van der Waals surface area contributed by atoms with Gasteiger partial charge in [0.15, 0.2) is 0 Å². The van der Waals surface area contributed by atoms with E-state index in [0.29, 0.717) is 13.1 Å². The molecule has 0 aliphatic heterocycles. The molecule has 2 atom stereocenters. The minimum Gasteiger partial charge on any atom is -0.392 e. The van der Waals surface area contributed by atoms with Gasteiger partial charge in [0.1, 0.15) is 0 Å². The highest BCUT2D eigenvalue weighted by Gasteiger charge is 2.11. The summed E-state index contributed by atoms with van der Waals surface area (Å²) in [7, 11) is 0. The molecule has 106 valence electrons. The first-order valence-corrected chi connectivity index (χ1v) is 6.78. The predicted octanol–water partition coefficient (Wildman–Crippen LogP) is 2.14. The zero-order valence-electron chi connectivity index (χ0n) is 11.9.